The summed E-state index contributed by atoms with van der Waals surface area (Å²) >= 11 is 0. The summed E-state index contributed by atoms with van der Waals surface area (Å²) in [6, 6.07) is 2.56. The zero-order chi connectivity index (χ0) is 10.7. The molecule has 0 aliphatic heterocycles. The number of hydrogen-bond donors (Lipinski definition) is 2. The van der Waals surface area contributed by atoms with Gasteiger partial charge in [-0.1, -0.05) is 13.0 Å². The number of methoxy groups -OCH3 is 1. The molecule has 0 unspecified atom stereocenters. The van der Waals surface area contributed by atoms with Gasteiger partial charge in [0.1, 0.15) is 11.6 Å². The summed E-state index contributed by atoms with van der Waals surface area (Å²) in [5.41, 5.74) is 0.625. The van der Waals surface area contributed by atoms with E-state index >= 15 is 0 Å². The van der Waals surface area contributed by atoms with Gasteiger partial charge >= 0.3 is 7.12 Å². The third-order valence-corrected chi connectivity index (χ3v) is 2.06. The molecule has 2 N–H and O–H groups in total. The predicted molar refractivity (Wildman–Crippen MR) is 52.2 cm³/mol. The second-order valence-corrected chi connectivity index (χ2v) is 2.91. The number of benzene rings is 1. The van der Waals surface area contributed by atoms with Crippen molar-refractivity contribution in [3.8, 4) is 5.75 Å². The Kier molecular flexibility index (Phi) is 3.49. The van der Waals surface area contributed by atoms with Gasteiger partial charge in [0.25, 0.3) is 0 Å². The van der Waals surface area contributed by atoms with Gasteiger partial charge in [0.2, 0.25) is 0 Å². The summed E-state index contributed by atoms with van der Waals surface area (Å²) < 4.78 is 18.1. The smallest absolute Gasteiger partial charge is 0.492 e. The fourth-order valence-corrected chi connectivity index (χ4v) is 1.27. The van der Waals surface area contributed by atoms with Gasteiger partial charge in [-0.05, 0) is 12.0 Å². The zero-order valence-corrected chi connectivity index (χ0v) is 8.12. The molecular formula is C9H12BFO3. The van der Waals surface area contributed by atoms with Crippen LogP contribution in [0.4, 0.5) is 4.39 Å². The second kappa shape index (κ2) is 4.44. The standard InChI is InChI=1S/C9H12BFO3/c1-3-6-4-7(10(12)13)9(14-2)5-8(6)11/h4-5,12-13H,3H2,1-2H3. The van der Waals surface area contributed by atoms with Crippen molar-refractivity contribution >= 4 is 12.6 Å². The summed E-state index contributed by atoms with van der Waals surface area (Å²) in [7, 11) is -0.289. The van der Waals surface area contributed by atoms with Crippen LogP contribution < -0.4 is 10.2 Å². The van der Waals surface area contributed by atoms with Gasteiger partial charge in [-0.15, -0.1) is 0 Å². The molecule has 0 aromatic heterocycles. The fourth-order valence-electron chi connectivity index (χ4n) is 1.27. The maximum Gasteiger partial charge on any atom is 0.492 e. The van der Waals surface area contributed by atoms with Crippen molar-refractivity contribution in [2.45, 2.75) is 13.3 Å². The van der Waals surface area contributed by atoms with Crippen LogP contribution in [0.1, 0.15) is 12.5 Å². The van der Waals surface area contributed by atoms with E-state index in [0.29, 0.717) is 12.0 Å². The summed E-state index contributed by atoms with van der Waals surface area (Å²) in [4.78, 5) is 0. The molecule has 14 heavy (non-hydrogen) atoms. The lowest BCUT2D eigenvalue weighted by molar-refractivity contribution is 0.400. The Bertz CT molecular complexity index is 328. The molecule has 1 aromatic rings. The molecule has 0 saturated heterocycles. The molecular weight excluding hydrogens is 186 g/mol. The van der Waals surface area contributed by atoms with Gasteiger partial charge < -0.3 is 14.8 Å². The zero-order valence-electron chi connectivity index (χ0n) is 8.12. The van der Waals surface area contributed by atoms with Crippen LogP contribution in [0.5, 0.6) is 5.75 Å². The van der Waals surface area contributed by atoms with Crippen molar-refractivity contribution in [3.63, 3.8) is 0 Å². The molecule has 0 amide bonds. The number of hydrogen-bond acceptors (Lipinski definition) is 3. The Labute approximate surface area is 82.3 Å². The average molecular weight is 198 g/mol. The molecule has 0 aliphatic rings. The van der Waals surface area contributed by atoms with E-state index < -0.39 is 12.9 Å². The minimum atomic E-state index is -1.64. The first-order valence-electron chi connectivity index (χ1n) is 4.32. The van der Waals surface area contributed by atoms with Crippen LogP contribution in [0, 0.1) is 5.82 Å². The van der Waals surface area contributed by atoms with Crippen molar-refractivity contribution in [2.75, 3.05) is 7.11 Å². The molecule has 1 aromatic carbocycles. The number of rotatable bonds is 3. The lowest BCUT2D eigenvalue weighted by Gasteiger charge is -2.10. The molecule has 3 nitrogen and oxygen atoms in total. The summed E-state index contributed by atoms with van der Waals surface area (Å²) in [5, 5.41) is 18.0. The normalized spacial score (nSPS) is 10.1. The summed E-state index contributed by atoms with van der Waals surface area (Å²) in [6.45, 7) is 1.79. The Morgan fingerprint density at radius 1 is 1.43 bits per heavy atom. The minimum Gasteiger partial charge on any atom is -0.497 e. The fraction of sp³-hybridized carbons (Fsp3) is 0.333. The van der Waals surface area contributed by atoms with E-state index in [-0.39, 0.29) is 11.2 Å². The number of aryl methyl sites for hydroxylation is 1. The highest BCUT2D eigenvalue weighted by Crippen LogP contribution is 2.15. The van der Waals surface area contributed by atoms with Gasteiger partial charge in [-0.3, -0.25) is 0 Å². The molecule has 0 bridgehead atoms. The minimum absolute atomic E-state index is 0.148. The molecule has 0 saturated carbocycles. The van der Waals surface area contributed by atoms with Gasteiger partial charge in [0.05, 0.1) is 7.11 Å². The van der Waals surface area contributed by atoms with Crippen molar-refractivity contribution in [1.82, 2.24) is 0 Å². The highest BCUT2D eigenvalue weighted by atomic mass is 19.1. The summed E-state index contributed by atoms with van der Waals surface area (Å²) in [6.07, 6.45) is 0.496. The van der Waals surface area contributed by atoms with Crippen LogP contribution in [0.25, 0.3) is 0 Å². The monoisotopic (exact) mass is 198 g/mol. The third-order valence-electron chi connectivity index (χ3n) is 2.06. The van der Waals surface area contributed by atoms with Crippen molar-refractivity contribution < 1.29 is 19.2 Å². The maximum atomic E-state index is 13.2. The van der Waals surface area contributed by atoms with E-state index in [9.17, 15) is 4.39 Å². The third kappa shape index (κ3) is 2.05. The highest BCUT2D eigenvalue weighted by Gasteiger charge is 2.19. The molecule has 1 rings (SSSR count). The Hall–Kier alpha value is -1.07. The quantitative estimate of drug-likeness (QED) is 0.676. The van der Waals surface area contributed by atoms with Gasteiger partial charge in [0, 0.05) is 11.5 Å². The molecule has 0 heterocycles. The van der Waals surface area contributed by atoms with Crippen molar-refractivity contribution in [1.29, 1.82) is 0 Å². The van der Waals surface area contributed by atoms with Crippen molar-refractivity contribution in [2.24, 2.45) is 0 Å². The first-order chi connectivity index (χ1) is 6.60. The summed E-state index contributed by atoms with van der Waals surface area (Å²) in [5.74, 6) is -0.247. The second-order valence-electron chi connectivity index (χ2n) is 2.91. The average Bonchev–Trinajstić information content (AvgIpc) is 2.16. The molecule has 0 atom stereocenters. The van der Waals surface area contributed by atoms with E-state index in [2.05, 4.69) is 0 Å². The first-order valence-corrected chi connectivity index (χ1v) is 4.32. The molecule has 76 valence electrons. The maximum absolute atomic E-state index is 13.2. The highest BCUT2D eigenvalue weighted by molar-refractivity contribution is 6.59. The van der Waals surface area contributed by atoms with Gasteiger partial charge in [0.15, 0.2) is 0 Å². The van der Waals surface area contributed by atoms with Crippen LogP contribution in [0.15, 0.2) is 12.1 Å². The lowest BCUT2D eigenvalue weighted by Crippen LogP contribution is -2.31. The van der Waals surface area contributed by atoms with Crippen molar-refractivity contribution in [3.05, 3.63) is 23.5 Å². The lowest BCUT2D eigenvalue weighted by atomic mass is 9.78. The van der Waals surface area contributed by atoms with E-state index in [1.807, 2.05) is 0 Å². The molecule has 0 aliphatic carbocycles. The van der Waals surface area contributed by atoms with E-state index in [1.165, 1.54) is 13.2 Å². The van der Waals surface area contributed by atoms with Crippen LogP contribution in [0.2, 0.25) is 0 Å². The Morgan fingerprint density at radius 2 is 2.07 bits per heavy atom. The SMILES string of the molecule is CCc1cc(B(O)O)c(OC)cc1F. The van der Waals surface area contributed by atoms with Crippen LogP contribution in [0.3, 0.4) is 0 Å². The number of halogens is 1. The van der Waals surface area contributed by atoms with Gasteiger partial charge in [-0.25, -0.2) is 4.39 Å². The van der Waals surface area contributed by atoms with Crippen LogP contribution in [-0.2, 0) is 6.42 Å². The first kappa shape index (κ1) is 11.0. The van der Waals surface area contributed by atoms with Crippen LogP contribution >= 0.6 is 0 Å². The molecule has 0 fully saturated rings. The predicted octanol–water partition coefficient (Wildman–Crippen LogP) is 0.0765. The molecule has 5 heteroatoms. The topological polar surface area (TPSA) is 49.7 Å². The number of ether oxygens (including phenoxy) is 1. The largest absolute Gasteiger partial charge is 0.497 e. The van der Waals surface area contributed by atoms with E-state index in [0.717, 1.165) is 6.07 Å². The molecule has 0 spiro atoms. The Morgan fingerprint density at radius 3 is 2.50 bits per heavy atom. The Balaban J connectivity index is 3.25. The van der Waals surface area contributed by atoms with E-state index in [4.69, 9.17) is 14.8 Å². The van der Waals surface area contributed by atoms with Gasteiger partial charge in [-0.2, -0.15) is 0 Å². The molecule has 0 radical (unpaired) electrons. The van der Waals surface area contributed by atoms with E-state index in [1.54, 1.807) is 6.92 Å². The van der Waals surface area contributed by atoms with Crippen LogP contribution in [-0.4, -0.2) is 24.3 Å².